The smallest absolute Gasteiger partial charge is 0.387 e. The maximum atomic E-state index is 12.6. The van der Waals surface area contributed by atoms with Crippen LogP contribution in [0.4, 0.5) is 11.9 Å². The number of anilines is 2. The summed E-state index contributed by atoms with van der Waals surface area (Å²) in [6, 6.07) is -0.861. The van der Waals surface area contributed by atoms with Crippen LogP contribution >= 0.6 is 40.5 Å². The Morgan fingerprint density at radius 1 is 1.00 bits per heavy atom. The number of aliphatic hydroxyl groups excluding tert-OH is 2. The summed E-state index contributed by atoms with van der Waals surface area (Å²) in [5, 5.41) is 20.0. The van der Waals surface area contributed by atoms with Crippen molar-refractivity contribution in [3.63, 3.8) is 0 Å². The van der Waals surface area contributed by atoms with Crippen LogP contribution in [0.2, 0.25) is 0 Å². The molecule has 2 saturated heterocycles. The van der Waals surface area contributed by atoms with Crippen LogP contribution in [0.15, 0.2) is 25.9 Å². The first kappa shape index (κ1) is 33.9. The molecule has 3 aromatic heterocycles. The SMILES string of the molecule is Nc1nc2c(c(=O)[nH]1)=N[C@H]1C(S)C(=S)[C@@H](COP(=O)(O)OP(=O)(O)OC[C@H]3O[C@@H](n4cnc5c(=O)[nH]c(N)nc54)[C@H](O)[C@@H]3O)O[C@H]1N=2. The van der Waals surface area contributed by atoms with Crippen LogP contribution < -0.4 is 33.4 Å². The molecule has 0 radical (unpaired) electrons. The van der Waals surface area contributed by atoms with Gasteiger partial charge in [-0.2, -0.15) is 26.9 Å². The predicted molar refractivity (Wildman–Crippen MR) is 161 cm³/mol. The first-order chi connectivity index (χ1) is 22.0. The fraction of sp³-hybridized carbons (Fsp3) is 0.500. The van der Waals surface area contributed by atoms with Crippen molar-refractivity contribution in [2.75, 3.05) is 24.7 Å². The van der Waals surface area contributed by atoms with Gasteiger partial charge in [-0.25, -0.2) is 19.1 Å². The second-order valence-corrected chi connectivity index (χ2v) is 14.2. The molecule has 10 N–H and O–H groups in total. The van der Waals surface area contributed by atoms with Gasteiger partial charge in [0.25, 0.3) is 11.1 Å². The number of hydrogen-bond acceptors (Lipinski definition) is 20. The van der Waals surface area contributed by atoms with Gasteiger partial charge in [-0.3, -0.25) is 38.2 Å². The van der Waals surface area contributed by atoms with Crippen molar-refractivity contribution in [1.82, 2.24) is 29.5 Å². The van der Waals surface area contributed by atoms with E-state index in [9.17, 15) is 38.7 Å². The Bertz CT molecular complexity index is 2100. The molecule has 0 saturated carbocycles. The van der Waals surface area contributed by atoms with Crippen molar-refractivity contribution < 1.29 is 52.0 Å². The van der Waals surface area contributed by atoms with Crippen molar-refractivity contribution in [2.45, 2.75) is 48.2 Å². The number of imidazole rings is 1. The van der Waals surface area contributed by atoms with Crippen LogP contribution in [0.5, 0.6) is 0 Å². The zero-order valence-electron chi connectivity index (χ0n) is 23.2. The number of aliphatic hydroxyl groups is 2. The lowest BCUT2D eigenvalue weighted by Crippen LogP contribution is -2.58. The average molecular weight is 739 g/mol. The number of phosphoric ester groups is 2. The van der Waals surface area contributed by atoms with Crippen molar-refractivity contribution in [3.05, 3.63) is 37.9 Å². The monoisotopic (exact) mass is 738 g/mol. The van der Waals surface area contributed by atoms with Crippen molar-refractivity contribution >= 4 is 68.4 Å². The highest BCUT2D eigenvalue weighted by atomic mass is 32.1. The molecule has 6 heterocycles. The third kappa shape index (κ3) is 6.67. The number of ether oxygens (including phenoxy) is 2. The number of thiocarbonyl (C=S) groups is 1. The van der Waals surface area contributed by atoms with Crippen LogP contribution in [0.25, 0.3) is 11.2 Å². The number of nitrogen functional groups attached to an aromatic ring is 2. The Morgan fingerprint density at radius 2 is 1.66 bits per heavy atom. The van der Waals surface area contributed by atoms with Crippen molar-refractivity contribution in [2.24, 2.45) is 9.98 Å². The highest BCUT2D eigenvalue weighted by Gasteiger charge is 2.47. The summed E-state index contributed by atoms with van der Waals surface area (Å²) >= 11 is 9.75. The Kier molecular flexibility index (Phi) is 8.97. The molecule has 10 atom stereocenters. The average Bonchev–Trinajstić information content (AvgIpc) is 3.52. The van der Waals surface area contributed by atoms with Gasteiger partial charge < -0.3 is 40.9 Å². The molecule has 0 aliphatic carbocycles. The summed E-state index contributed by atoms with van der Waals surface area (Å²) in [7, 11) is -10.7. The minimum atomic E-state index is -5.39. The highest BCUT2D eigenvalue weighted by molar-refractivity contribution is 7.86. The fourth-order valence-corrected chi connectivity index (χ4v) is 7.60. The van der Waals surface area contributed by atoms with Crippen LogP contribution in [0, 0.1) is 0 Å². The molecule has 254 valence electrons. The van der Waals surface area contributed by atoms with Gasteiger partial charge >= 0.3 is 15.6 Å². The van der Waals surface area contributed by atoms with Gasteiger partial charge in [-0.05, 0) is 0 Å². The number of nitrogens with zero attached hydrogens (tertiary/aromatic N) is 6. The molecule has 2 fully saturated rings. The standard InChI is InChI=1S/C20H24N10O13P2S2/c21-19-26-13-7(15(33)28-19)24-6-12(47)11(46)5(41-17(6)25-13)2-40-45(37,38)43-44(35,36)39-1-4-9(31)10(32)18(42-4)30-3-23-8-14(30)27-20(22)29-16(8)34/h3-6,9-10,12,17-18,31-32,47H,1-2H2,(H,35,36)(H,37,38)(H3,22,27,29,34)(H3,21,25,26,28,33)/t4-,5-,6+,9-,10-,12?,17-,18-/m1/s1. The van der Waals surface area contributed by atoms with Gasteiger partial charge in [0.05, 0.1) is 24.8 Å². The Morgan fingerprint density at radius 3 is 2.38 bits per heavy atom. The number of fused-ring (bicyclic) bond motifs is 3. The molecule has 0 aromatic carbocycles. The zero-order valence-corrected chi connectivity index (χ0v) is 26.7. The fourth-order valence-electron chi connectivity index (χ4n) is 4.87. The third-order valence-electron chi connectivity index (χ3n) is 7.01. The number of hydrogen-bond donors (Lipinski definition) is 9. The van der Waals surface area contributed by atoms with Gasteiger partial charge in [0, 0.05) is 4.86 Å². The molecule has 6 rings (SSSR count). The Balaban J connectivity index is 1.07. The maximum absolute atomic E-state index is 12.6. The lowest BCUT2D eigenvalue weighted by atomic mass is 10.0. The van der Waals surface area contributed by atoms with Crippen LogP contribution in [-0.2, 0) is 32.0 Å². The first-order valence-corrected chi connectivity index (χ1v) is 17.0. The molecular weight excluding hydrogens is 714 g/mol. The van der Waals surface area contributed by atoms with E-state index in [4.69, 9.17) is 42.2 Å². The molecule has 3 aliphatic rings. The van der Waals surface area contributed by atoms with E-state index in [-0.39, 0.29) is 38.8 Å². The summed E-state index contributed by atoms with van der Waals surface area (Å²) in [6.07, 6.45) is -7.51. The van der Waals surface area contributed by atoms with E-state index < -0.39 is 88.1 Å². The minimum Gasteiger partial charge on any atom is -0.387 e. The third-order valence-corrected chi connectivity index (χ3v) is 10.9. The number of rotatable bonds is 9. The second-order valence-electron chi connectivity index (χ2n) is 10.2. The van der Waals surface area contributed by atoms with E-state index >= 15 is 0 Å². The predicted octanol–water partition coefficient (Wildman–Crippen LogP) is -4.05. The van der Waals surface area contributed by atoms with E-state index in [0.29, 0.717) is 0 Å². The summed E-state index contributed by atoms with van der Waals surface area (Å²) in [4.78, 5) is 69.3. The lowest BCUT2D eigenvalue weighted by molar-refractivity contribution is -0.0507. The van der Waals surface area contributed by atoms with Gasteiger partial charge in [0.2, 0.25) is 11.9 Å². The zero-order chi connectivity index (χ0) is 34.0. The molecule has 3 aliphatic heterocycles. The molecule has 3 aromatic rings. The molecule has 47 heavy (non-hydrogen) atoms. The lowest BCUT2D eigenvalue weighted by Gasteiger charge is -2.37. The number of H-pyrrole nitrogens is 2. The summed E-state index contributed by atoms with van der Waals surface area (Å²) in [5.41, 5.74) is 9.46. The molecule has 0 spiro atoms. The largest absolute Gasteiger partial charge is 0.481 e. The van der Waals surface area contributed by atoms with Gasteiger partial charge in [-0.15, -0.1) is 0 Å². The van der Waals surface area contributed by atoms with Crippen LogP contribution in [0.1, 0.15) is 6.23 Å². The Labute approximate surface area is 270 Å². The molecular formula is C20H24N10O13P2S2. The molecule has 0 bridgehead atoms. The van der Waals surface area contributed by atoms with E-state index in [1.54, 1.807) is 0 Å². The molecule has 3 unspecified atom stereocenters. The number of nitrogens with two attached hydrogens (primary N) is 2. The van der Waals surface area contributed by atoms with E-state index in [0.717, 1.165) is 10.9 Å². The van der Waals surface area contributed by atoms with Gasteiger partial charge in [-0.1, -0.05) is 12.2 Å². The van der Waals surface area contributed by atoms with Gasteiger partial charge in [0.1, 0.15) is 30.5 Å². The second kappa shape index (κ2) is 12.5. The van der Waals surface area contributed by atoms with Crippen LogP contribution in [0.3, 0.4) is 0 Å². The number of aromatic nitrogens is 6. The van der Waals surface area contributed by atoms with E-state index in [1.807, 2.05) is 0 Å². The number of phosphoric acid groups is 2. The molecule has 0 amide bonds. The van der Waals surface area contributed by atoms with Crippen molar-refractivity contribution in [1.29, 1.82) is 0 Å². The normalized spacial score (nSPS) is 31.3. The maximum Gasteiger partial charge on any atom is 0.481 e. The summed E-state index contributed by atoms with van der Waals surface area (Å²) < 4.78 is 51.4. The van der Waals surface area contributed by atoms with E-state index in [1.165, 1.54) is 0 Å². The first-order valence-electron chi connectivity index (χ1n) is 13.1. The number of nitrogens with one attached hydrogen (secondary N) is 2. The Hall–Kier alpha value is -3.03. The summed E-state index contributed by atoms with van der Waals surface area (Å²) in [6.45, 7) is -1.71. The minimum absolute atomic E-state index is 0.0499. The molecule has 27 heteroatoms. The van der Waals surface area contributed by atoms with Crippen molar-refractivity contribution in [3.8, 4) is 0 Å². The highest BCUT2D eigenvalue weighted by Crippen LogP contribution is 2.60. The number of thiol groups is 1. The topological polar surface area (TPSA) is 347 Å². The van der Waals surface area contributed by atoms with Crippen LogP contribution in [-0.4, -0.2) is 110 Å². The van der Waals surface area contributed by atoms with Gasteiger partial charge in [0.15, 0.2) is 34.5 Å². The number of aromatic amines is 2. The van der Waals surface area contributed by atoms with E-state index in [2.05, 4.69) is 51.8 Å². The summed E-state index contributed by atoms with van der Waals surface area (Å²) in [5.74, 6) is -0.477. The quantitative estimate of drug-likeness (QED) is 0.0573. The molecule has 23 nitrogen and oxygen atoms in total.